The molecular weight excluding hydrogens is 327 g/mol. The number of rotatable bonds is 2. The fraction of sp³-hybridized carbons (Fsp3) is 0.200. The number of aryl methyl sites for hydroxylation is 1. The highest BCUT2D eigenvalue weighted by atomic mass is 79.9. The molecule has 0 amide bonds. The first-order chi connectivity index (χ1) is 9.56. The van der Waals surface area contributed by atoms with Gasteiger partial charge in [0.15, 0.2) is 11.5 Å². The summed E-state index contributed by atoms with van der Waals surface area (Å²) >= 11 is 3.36. The van der Waals surface area contributed by atoms with Crippen molar-refractivity contribution in [3.63, 3.8) is 0 Å². The van der Waals surface area contributed by atoms with E-state index >= 15 is 0 Å². The lowest BCUT2D eigenvalue weighted by Crippen LogP contribution is -2.03. The van der Waals surface area contributed by atoms with E-state index in [2.05, 4.69) is 15.9 Å². The van der Waals surface area contributed by atoms with Crippen molar-refractivity contribution in [3.8, 4) is 11.5 Å². The van der Waals surface area contributed by atoms with Crippen molar-refractivity contribution >= 4 is 15.9 Å². The highest BCUT2D eigenvalue weighted by molar-refractivity contribution is 9.10. The van der Waals surface area contributed by atoms with Gasteiger partial charge in [-0.1, -0.05) is 17.7 Å². The maximum Gasteiger partial charge on any atom is 0.231 e. The molecule has 3 nitrogen and oxygen atoms in total. The summed E-state index contributed by atoms with van der Waals surface area (Å²) in [5.41, 5.74) is 1.68. The van der Waals surface area contributed by atoms with Crippen LogP contribution in [-0.2, 0) is 0 Å². The Labute approximate surface area is 124 Å². The van der Waals surface area contributed by atoms with Crippen LogP contribution in [0.5, 0.6) is 11.5 Å². The van der Waals surface area contributed by atoms with Gasteiger partial charge < -0.3 is 14.6 Å². The highest BCUT2D eigenvalue weighted by Crippen LogP contribution is 2.42. The van der Waals surface area contributed by atoms with E-state index in [9.17, 15) is 9.50 Å². The molecule has 1 aliphatic rings. The summed E-state index contributed by atoms with van der Waals surface area (Å²) in [4.78, 5) is 0. The minimum absolute atomic E-state index is 0.145. The fourth-order valence-corrected chi connectivity index (χ4v) is 2.77. The maximum atomic E-state index is 13.9. The quantitative estimate of drug-likeness (QED) is 0.907. The van der Waals surface area contributed by atoms with Crippen molar-refractivity contribution in [1.82, 2.24) is 0 Å². The van der Waals surface area contributed by atoms with Crippen LogP contribution in [0.2, 0.25) is 0 Å². The van der Waals surface area contributed by atoms with Crippen LogP contribution in [0.3, 0.4) is 0 Å². The number of benzene rings is 2. The molecule has 0 aliphatic carbocycles. The van der Waals surface area contributed by atoms with Crippen LogP contribution in [0.4, 0.5) is 4.39 Å². The molecule has 0 saturated heterocycles. The average Bonchev–Trinajstić information content (AvgIpc) is 2.89. The Bertz CT molecular complexity index is 672. The molecule has 2 aromatic rings. The van der Waals surface area contributed by atoms with E-state index in [4.69, 9.17) is 9.47 Å². The summed E-state index contributed by atoms with van der Waals surface area (Å²) in [6.45, 7) is 2.00. The Hall–Kier alpha value is -1.59. The summed E-state index contributed by atoms with van der Waals surface area (Å²) in [6, 6.07) is 8.04. The lowest BCUT2D eigenvalue weighted by molar-refractivity contribution is 0.173. The van der Waals surface area contributed by atoms with Gasteiger partial charge in [-0.25, -0.2) is 4.39 Å². The fourth-order valence-electron chi connectivity index (χ4n) is 2.20. The summed E-state index contributed by atoms with van der Waals surface area (Å²) < 4.78 is 25.1. The van der Waals surface area contributed by atoms with Gasteiger partial charge >= 0.3 is 0 Å². The van der Waals surface area contributed by atoms with Gasteiger partial charge in [-0.15, -0.1) is 0 Å². The largest absolute Gasteiger partial charge is 0.454 e. The van der Waals surface area contributed by atoms with Crippen molar-refractivity contribution in [2.45, 2.75) is 13.0 Å². The molecule has 1 heterocycles. The lowest BCUT2D eigenvalue weighted by atomic mass is 9.99. The Morgan fingerprint density at radius 1 is 1.25 bits per heavy atom. The molecule has 104 valence electrons. The average molecular weight is 339 g/mol. The molecule has 1 unspecified atom stereocenters. The first kappa shape index (κ1) is 13.4. The van der Waals surface area contributed by atoms with Gasteiger partial charge in [0.2, 0.25) is 6.79 Å². The van der Waals surface area contributed by atoms with Gasteiger partial charge in [0.05, 0.1) is 4.47 Å². The molecular formula is C15H12BrFO3. The molecule has 0 fully saturated rings. The van der Waals surface area contributed by atoms with E-state index in [1.54, 1.807) is 24.3 Å². The molecule has 1 aliphatic heterocycles. The zero-order chi connectivity index (χ0) is 14.3. The molecule has 0 bridgehead atoms. The number of halogens is 2. The summed E-state index contributed by atoms with van der Waals surface area (Å²) in [7, 11) is 0. The van der Waals surface area contributed by atoms with Gasteiger partial charge in [-0.2, -0.15) is 0 Å². The summed E-state index contributed by atoms with van der Waals surface area (Å²) in [5, 5.41) is 10.4. The minimum Gasteiger partial charge on any atom is -0.454 e. The van der Waals surface area contributed by atoms with Crippen molar-refractivity contribution in [3.05, 3.63) is 57.3 Å². The topological polar surface area (TPSA) is 38.7 Å². The zero-order valence-electron chi connectivity index (χ0n) is 10.7. The summed E-state index contributed by atoms with van der Waals surface area (Å²) in [5.74, 6) is 0.712. The highest BCUT2D eigenvalue weighted by Gasteiger charge is 2.22. The number of aliphatic hydroxyl groups is 1. The molecule has 0 spiro atoms. The Morgan fingerprint density at radius 3 is 2.85 bits per heavy atom. The van der Waals surface area contributed by atoms with E-state index in [1.807, 2.05) is 6.92 Å². The third-order valence-corrected chi connectivity index (χ3v) is 3.80. The predicted molar refractivity (Wildman–Crippen MR) is 75.5 cm³/mol. The first-order valence-corrected chi connectivity index (χ1v) is 6.88. The van der Waals surface area contributed by atoms with E-state index in [0.29, 0.717) is 21.5 Å². The second-order valence-corrected chi connectivity index (χ2v) is 5.52. The number of ether oxygens (including phenoxy) is 2. The Balaban J connectivity index is 2.04. The number of hydrogen-bond donors (Lipinski definition) is 1. The molecule has 1 N–H and O–H groups in total. The first-order valence-electron chi connectivity index (χ1n) is 6.09. The van der Waals surface area contributed by atoms with Crippen LogP contribution < -0.4 is 9.47 Å². The standard InChI is InChI=1S/C15H12BrFO3/c1-8-2-3-12(17)10(4-8)14(18)9-5-11(16)15-13(6-9)19-7-20-15/h2-6,14,18H,7H2,1H3. The summed E-state index contributed by atoms with van der Waals surface area (Å²) in [6.07, 6.45) is -1.05. The number of hydrogen-bond acceptors (Lipinski definition) is 3. The maximum absolute atomic E-state index is 13.9. The van der Waals surface area contributed by atoms with Gasteiger partial charge in [-0.05, 0) is 46.6 Å². The Morgan fingerprint density at radius 2 is 2.05 bits per heavy atom. The molecule has 2 aromatic carbocycles. The van der Waals surface area contributed by atoms with E-state index < -0.39 is 11.9 Å². The second-order valence-electron chi connectivity index (χ2n) is 4.66. The molecule has 0 radical (unpaired) electrons. The third kappa shape index (κ3) is 2.27. The second kappa shape index (κ2) is 5.07. The molecule has 3 rings (SSSR count). The Kier molecular flexibility index (Phi) is 3.40. The van der Waals surface area contributed by atoms with Crippen molar-refractivity contribution in [1.29, 1.82) is 0 Å². The zero-order valence-corrected chi connectivity index (χ0v) is 12.3. The van der Waals surface area contributed by atoms with Crippen LogP contribution in [-0.4, -0.2) is 11.9 Å². The van der Waals surface area contributed by atoms with Gasteiger partial charge in [-0.3, -0.25) is 0 Å². The monoisotopic (exact) mass is 338 g/mol. The van der Waals surface area contributed by atoms with Crippen LogP contribution >= 0.6 is 15.9 Å². The van der Waals surface area contributed by atoms with E-state index in [1.165, 1.54) is 6.07 Å². The SMILES string of the molecule is Cc1ccc(F)c(C(O)c2cc(Br)c3c(c2)OCO3)c1. The molecule has 1 atom stereocenters. The number of aliphatic hydroxyl groups excluding tert-OH is 1. The molecule has 0 saturated carbocycles. The molecule has 20 heavy (non-hydrogen) atoms. The predicted octanol–water partition coefficient (Wildman–Crippen LogP) is 3.71. The van der Waals surface area contributed by atoms with Crippen LogP contribution in [0.15, 0.2) is 34.8 Å². The van der Waals surface area contributed by atoms with E-state index in [-0.39, 0.29) is 12.4 Å². The number of fused-ring (bicyclic) bond motifs is 1. The van der Waals surface area contributed by atoms with Crippen molar-refractivity contribution < 1.29 is 19.0 Å². The van der Waals surface area contributed by atoms with Crippen molar-refractivity contribution in [2.24, 2.45) is 0 Å². The lowest BCUT2D eigenvalue weighted by Gasteiger charge is -2.14. The van der Waals surface area contributed by atoms with Gasteiger partial charge in [0.1, 0.15) is 11.9 Å². The van der Waals surface area contributed by atoms with Crippen LogP contribution in [0, 0.1) is 12.7 Å². The molecule has 5 heteroatoms. The van der Waals surface area contributed by atoms with Crippen molar-refractivity contribution in [2.75, 3.05) is 6.79 Å². The normalized spacial score (nSPS) is 14.4. The third-order valence-electron chi connectivity index (χ3n) is 3.21. The van der Waals surface area contributed by atoms with Crippen LogP contribution in [0.25, 0.3) is 0 Å². The smallest absolute Gasteiger partial charge is 0.231 e. The minimum atomic E-state index is -1.05. The molecule has 0 aromatic heterocycles. The van der Waals surface area contributed by atoms with Gasteiger partial charge in [0.25, 0.3) is 0 Å². The van der Waals surface area contributed by atoms with Gasteiger partial charge in [0, 0.05) is 5.56 Å². The van der Waals surface area contributed by atoms with Crippen LogP contribution in [0.1, 0.15) is 22.8 Å². The van der Waals surface area contributed by atoms with E-state index in [0.717, 1.165) is 5.56 Å².